The Morgan fingerprint density at radius 1 is 1.19 bits per heavy atom. The summed E-state index contributed by atoms with van der Waals surface area (Å²) in [6.45, 7) is 1.50. The molecule has 1 aromatic carbocycles. The first kappa shape index (κ1) is 25.4. The molecular weight excluding hydrogens is 515 g/mol. The van der Waals surface area contributed by atoms with Crippen molar-refractivity contribution in [1.29, 1.82) is 0 Å². The third-order valence-corrected chi connectivity index (χ3v) is 8.60. The van der Waals surface area contributed by atoms with E-state index in [1.807, 2.05) is 33.8 Å². The number of hydrogen-bond acceptors (Lipinski definition) is 7. The van der Waals surface area contributed by atoms with Crippen molar-refractivity contribution < 1.29 is 18.5 Å². The van der Waals surface area contributed by atoms with Crippen molar-refractivity contribution in [3.8, 4) is 11.3 Å². The van der Waals surface area contributed by atoms with Crippen LogP contribution in [0.15, 0.2) is 41.8 Å². The predicted molar refractivity (Wildman–Crippen MR) is 142 cm³/mol. The number of carboxylic acids is 1. The number of piperidine rings is 1. The molecule has 37 heavy (non-hydrogen) atoms. The Morgan fingerprint density at radius 2 is 1.92 bits per heavy atom. The summed E-state index contributed by atoms with van der Waals surface area (Å²) in [6, 6.07) is 10.1. The second kappa shape index (κ2) is 10.6. The minimum Gasteiger partial charge on any atom is -0.481 e. The zero-order valence-electron chi connectivity index (χ0n) is 20.5. The van der Waals surface area contributed by atoms with Crippen LogP contribution in [-0.4, -0.2) is 65.6 Å². The van der Waals surface area contributed by atoms with Gasteiger partial charge in [0.25, 0.3) is 0 Å². The molecular formula is C25H27FN6O3S2. The number of halogens is 1. The summed E-state index contributed by atoms with van der Waals surface area (Å²) in [7, 11) is 0.891. The number of fused-ring (bicyclic) bond motifs is 1. The predicted octanol–water partition coefficient (Wildman–Crippen LogP) is 4.25. The van der Waals surface area contributed by atoms with Gasteiger partial charge in [-0.25, -0.2) is 22.9 Å². The Bertz CT molecular complexity index is 1450. The summed E-state index contributed by atoms with van der Waals surface area (Å²) in [5.41, 5.74) is 3.72. The monoisotopic (exact) mass is 542 g/mol. The average Bonchev–Trinajstić information content (AvgIpc) is 3.52. The molecule has 0 radical (unpaired) electrons. The lowest BCUT2D eigenvalue weighted by atomic mass is 9.94. The van der Waals surface area contributed by atoms with Gasteiger partial charge in [0.15, 0.2) is 16.6 Å². The highest BCUT2D eigenvalue weighted by Crippen LogP contribution is 2.34. The molecule has 1 aliphatic rings. The Morgan fingerprint density at radius 3 is 2.59 bits per heavy atom. The van der Waals surface area contributed by atoms with Crippen molar-refractivity contribution in [2.45, 2.75) is 31.6 Å². The maximum Gasteiger partial charge on any atom is 0.303 e. The fraction of sp³-hybridized carbons (Fsp3) is 0.360. The molecule has 9 nitrogen and oxygen atoms in total. The molecule has 0 bridgehead atoms. The molecule has 1 fully saturated rings. The molecule has 1 N–H and O–H groups in total. The first-order valence-corrected chi connectivity index (χ1v) is 14.3. The largest absolute Gasteiger partial charge is 0.481 e. The number of benzene rings is 1. The van der Waals surface area contributed by atoms with Crippen molar-refractivity contribution in [3.05, 3.63) is 59.0 Å². The van der Waals surface area contributed by atoms with Crippen LogP contribution < -0.4 is 4.90 Å². The van der Waals surface area contributed by atoms with Crippen LogP contribution in [0.1, 0.15) is 36.6 Å². The van der Waals surface area contributed by atoms with Crippen LogP contribution in [0.5, 0.6) is 0 Å². The van der Waals surface area contributed by atoms with Gasteiger partial charge in [-0.2, -0.15) is 9.61 Å². The van der Waals surface area contributed by atoms with Gasteiger partial charge in [0, 0.05) is 49.7 Å². The zero-order valence-corrected chi connectivity index (χ0v) is 22.1. The maximum atomic E-state index is 13.4. The van der Waals surface area contributed by atoms with Crippen LogP contribution in [0.25, 0.3) is 16.9 Å². The lowest BCUT2D eigenvalue weighted by Crippen LogP contribution is -2.34. The molecule has 1 saturated heterocycles. The molecule has 0 spiro atoms. The number of hydrogen-bond donors (Lipinski definition) is 1. The summed E-state index contributed by atoms with van der Waals surface area (Å²) in [6.07, 6.45) is 3.62. The van der Waals surface area contributed by atoms with Crippen LogP contribution in [-0.2, 0) is 22.2 Å². The van der Waals surface area contributed by atoms with Gasteiger partial charge in [-0.05, 0) is 49.2 Å². The molecule has 1 unspecified atom stereocenters. The van der Waals surface area contributed by atoms with Crippen LogP contribution in [0.2, 0.25) is 0 Å². The van der Waals surface area contributed by atoms with E-state index in [0.717, 1.165) is 42.9 Å². The van der Waals surface area contributed by atoms with Crippen molar-refractivity contribution in [1.82, 2.24) is 23.9 Å². The molecule has 12 heteroatoms. The molecule has 3 aromatic heterocycles. The second-order valence-electron chi connectivity index (χ2n) is 9.01. The van der Waals surface area contributed by atoms with Crippen molar-refractivity contribution in [2.24, 2.45) is 0 Å². The molecule has 0 aliphatic carbocycles. The summed E-state index contributed by atoms with van der Waals surface area (Å²) < 4.78 is 28.9. The average molecular weight is 543 g/mol. The third-order valence-electron chi connectivity index (χ3n) is 6.59. The van der Waals surface area contributed by atoms with E-state index >= 15 is 0 Å². The Labute approximate surface area is 220 Å². The first-order chi connectivity index (χ1) is 17.8. The lowest BCUT2D eigenvalue weighted by molar-refractivity contribution is -0.136. The van der Waals surface area contributed by atoms with Crippen LogP contribution in [0, 0.1) is 5.82 Å². The fourth-order valence-corrected chi connectivity index (χ4v) is 6.13. The molecule has 5 rings (SSSR count). The SMILES string of the molecule is CN(c1nc(-c2ccc(F)cc2)cs1)c1c(CCC(=O)O)nc2ccc(C3CCN(S(C)=O)CC3)nn12. The van der Waals surface area contributed by atoms with Crippen LogP contribution in [0.4, 0.5) is 15.3 Å². The second-order valence-corrected chi connectivity index (χ2v) is 11.2. The molecule has 0 amide bonds. The van der Waals surface area contributed by atoms with Crippen LogP contribution >= 0.6 is 11.3 Å². The minimum atomic E-state index is -0.974. The number of anilines is 2. The number of aryl methyl sites for hydroxylation is 1. The van der Waals surface area contributed by atoms with Gasteiger partial charge < -0.3 is 10.0 Å². The van der Waals surface area contributed by atoms with Crippen molar-refractivity contribution in [3.63, 3.8) is 0 Å². The summed E-state index contributed by atoms with van der Waals surface area (Å²) >= 11 is 1.43. The van der Waals surface area contributed by atoms with Crippen molar-refractivity contribution >= 4 is 44.9 Å². The Balaban J connectivity index is 1.50. The molecule has 4 heterocycles. The van der Waals surface area contributed by atoms with E-state index in [1.165, 1.54) is 23.5 Å². The summed E-state index contributed by atoms with van der Waals surface area (Å²) in [5, 5.41) is 16.8. The van der Waals surface area contributed by atoms with Gasteiger partial charge in [-0.1, -0.05) is 0 Å². The number of aliphatic carboxylic acids is 1. The highest BCUT2D eigenvalue weighted by atomic mass is 32.2. The number of carbonyl (C=O) groups is 1. The molecule has 1 atom stereocenters. The molecule has 0 saturated carbocycles. The molecule has 194 valence electrons. The standard InChI is InChI=1S/C25H27FN6O3S2/c1-30(25-28-21(15-36-25)16-3-5-18(26)6-4-16)24-20(8-10-23(33)34)27-22-9-7-19(29-32(22)24)17-11-13-31(14-12-17)37(2)35/h3-7,9,15,17H,8,10-14H2,1-2H3,(H,33,34). The van der Waals surface area contributed by atoms with Crippen LogP contribution in [0.3, 0.4) is 0 Å². The summed E-state index contributed by atoms with van der Waals surface area (Å²) in [4.78, 5) is 22.7. The topological polar surface area (TPSA) is 104 Å². The third kappa shape index (κ3) is 5.41. The number of imidazole rings is 1. The summed E-state index contributed by atoms with van der Waals surface area (Å²) in [5.74, 6) is -0.296. The molecule has 1 aliphatic heterocycles. The smallest absolute Gasteiger partial charge is 0.303 e. The maximum absolute atomic E-state index is 13.4. The molecule has 4 aromatic rings. The Kier molecular flexibility index (Phi) is 7.31. The van der Waals surface area contributed by atoms with Crippen molar-refractivity contribution in [2.75, 3.05) is 31.3 Å². The van der Waals surface area contributed by atoms with Gasteiger partial charge in [0.05, 0.1) is 34.5 Å². The Hall–Kier alpha value is -3.22. The van der Waals surface area contributed by atoms with Gasteiger partial charge in [-0.3, -0.25) is 4.79 Å². The van der Waals surface area contributed by atoms with Gasteiger partial charge >= 0.3 is 5.97 Å². The van der Waals surface area contributed by atoms with E-state index in [2.05, 4.69) is 0 Å². The fourth-order valence-electron chi connectivity index (χ4n) is 4.60. The van der Waals surface area contributed by atoms with Gasteiger partial charge in [0.2, 0.25) is 0 Å². The highest BCUT2D eigenvalue weighted by Gasteiger charge is 2.26. The van der Waals surface area contributed by atoms with E-state index in [9.17, 15) is 18.5 Å². The number of carboxylic acid groups (broad SMARTS) is 1. The number of rotatable bonds is 8. The van der Waals surface area contributed by atoms with Gasteiger partial charge in [0.1, 0.15) is 5.82 Å². The number of aromatic nitrogens is 4. The van der Waals surface area contributed by atoms with E-state index < -0.39 is 17.0 Å². The van der Waals surface area contributed by atoms with E-state index in [4.69, 9.17) is 15.1 Å². The normalized spacial score (nSPS) is 15.8. The van der Waals surface area contributed by atoms with E-state index in [1.54, 1.807) is 22.9 Å². The minimum absolute atomic E-state index is 0.0527. The van der Waals surface area contributed by atoms with Gasteiger partial charge in [-0.15, -0.1) is 11.3 Å². The quantitative estimate of drug-likeness (QED) is 0.355. The lowest BCUT2D eigenvalue weighted by Gasteiger charge is -2.29. The number of nitrogens with zero attached hydrogens (tertiary/aromatic N) is 6. The zero-order chi connectivity index (χ0) is 26.1. The van der Waals surface area contributed by atoms with E-state index in [-0.39, 0.29) is 24.6 Å². The highest BCUT2D eigenvalue weighted by molar-refractivity contribution is 7.81. The van der Waals surface area contributed by atoms with E-state index in [0.29, 0.717) is 22.3 Å². The first-order valence-electron chi connectivity index (χ1n) is 11.9. The number of thiazole rings is 1.